The predicted octanol–water partition coefficient (Wildman–Crippen LogP) is 7.72. The Morgan fingerprint density at radius 1 is 0.512 bits per heavy atom. The molecule has 0 unspecified atom stereocenters. The van der Waals surface area contributed by atoms with E-state index in [0.717, 1.165) is 16.7 Å². The van der Waals surface area contributed by atoms with Gasteiger partial charge >= 0.3 is 6.85 Å². The molecule has 5 aromatic carbocycles. The van der Waals surface area contributed by atoms with Crippen molar-refractivity contribution >= 4 is 23.7 Å². The lowest BCUT2D eigenvalue weighted by atomic mass is 9.37. The van der Waals surface area contributed by atoms with Gasteiger partial charge in [0, 0.05) is 33.6 Å². The summed E-state index contributed by atoms with van der Waals surface area (Å²) in [6.45, 7) is 4.92. The van der Waals surface area contributed by atoms with Crippen LogP contribution in [0.3, 0.4) is 0 Å². The van der Waals surface area contributed by atoms with Crippen molar-refractivity contribution in [3.63, 3.8) is 0 Å². The summed E-state index contributed by atoms with van der Waals surface area (Å²) in [7, 11) is 0. The van der Waals surface area contributed by atoms with Gasteiger partial charge in [-0.1, -0.05) is 117 Å². The van der Waals surface area contributed by atoms with Crippen molar-refractivity contribution in [3.8, 4) is 45.3 Å². The van der Waals surface area contributed by atoms with Gasteiger partial charge in [-0.3, -0.25) is 0 Å². The topological polar surface area (TPSA) is 41.9 Å². The molecule has 41 heavy (non-hydrogen) atoms. The van der Waals surface area contributed by atoms with E-state index in [9.17, 15) is 0 Å². The Morgan fingerprint density at radius 2 is 1.05 bits per heavy atom. The average molecular weight is 526 g/mol. The fourth-order valence-corrected chi connectivity index (χ4v) is 6.64. The Kier molecular flexibility index (Phi) is 5.23. The fourth-order valence-electron chi connectivity index (χ4n) is 6.64. The molecular formula is C36H27BN4. The summed E-state index contributed by atoms with van der Waals surface area (Å²) in [5.41, 5.74) is 10.7. The van der Waals surface area contributed by atoms with Gasteiger partial charge in [-0.25, -0.2) is 15.0 Å². The summed E-state index contributed by atoms with van der Waals surface area (Å²) in [4.78, 5) is 17.4. The van der Waals surface area contributed by atoms with Gasteiger partial charge in [0.05, 0.1) is 0 Å². The molecule has 1 aromatic heterocycles. The van der Waals surface area contributed by atoms with Crippen LogP contribution in [-0.4, -0.2) is 21.8 Å². The number of rotatable bonds is 3. The highest BCUT2D eigenvalue weighted by molar-refractivity contribution is 6.84. The highest BCUT2D eigenvalue weighted by Crippen LogP contribution is 2.52. The van der Waals surface area contributed by atoms with Crippen LogP contribution < -0.4 is 10.3 Å². The van der Waals surface area contributed by atoms with Gasteiger partial charge in [0.15, 0.2) is 17.5 Å². The zero-order chi connectivity index (χ0) is 27.6. The molecule has 0 bridgehead atoms. The van der Waals surface area contributed by atoms with E-state index in [-0.39, 0.29) is 12.2 Å². The number of fused-ring (bicyclic) bond motifs is 8. The number of nitrogens with zero attached hydrogens (tertiary/aromatic N) is 4. The van der Waals surface area contributed by atoms with Gasteiger partial charge in [-0.2, -0.15) is 0 Å². The molecule has 0 fully saturated rings. The molecule has 8 rings (SSSR count). The van der Waals surface area contributed by atoms with Crippen LogP contribution in [0.25, 0.3) is 45.3 Å². The molecule has 0 spiro atoms. The van der Waals surface area contributed by atoms with E-state index in [1.54, 1.807) is 0 Å². The van der Waals surface area contributed by atoms with Crippen LogP contribution in [0.2, 0.25) is 0 Å². The highest BCUT2D eigenvalue weighted by atomic mass is 15.1. The zero-order valence-electron chi connectivity index (χ0n) is 23.0. The minimum atomic E-state index is -0.146. The van der Waals surface area contributed by atoms with Crippen molar-refractivity contribution < 1.29 is 0 Å². The Bertz CT molecular complexity index is 1880. The number of para-hydroxylation sites is 1. The summed E-state index contributed by atoms with van der Waals surface area (Å²) in [6, 6.07) is 44.6. The molecule has 0 amide bonds. The third kappa shape index (κ3) is 3.66. The summed E-state index contributed by atoms with van der Waals surface area (Å²) < 4.78 is 0. The lowest BCUT2D eigenvalue weighted by molar-refractivity contribution is 0.759. The van der Waals surface area contributed by atoms with Gasteiger partial charge in [0.25, 0.3) is 0 Å². The molecule has 0 saturated heterocycles. The second-order valence-electron chi connectivity index (χ2n) is 11.4. The van der Waals surface area contributed by atoms with Crippen LogP contribution in [0.15, 0.2) is 127 Å². The second-order valence-corrected chi connectivity index (χ2v) is 11.4. The first-order chi connectivity index (χ1) is 20.1. The van der Waals surface area contributed by atoms with E-state index in [1.165, 1.54) is 33.5 Å². The lowest BCUT2D eigenvalue weighted by Gasteiger charge is -2.38. The van der Waals surface area contributed by atoms with Crippen molar-refractivity contribution in [3.05, 3.63) is 133 Å². The number of aromatic nitrogens is 3. The molecule has 5 heteroatoms. The van der Waals surface area contributed by atoms with Crippen LogP contribution >= 0.6 is 0 Å². The highest BCUT2D eigenvalue weighted by Gasteiger charge is 2.52. The van der Waals surface area contributed by atoms with Crippen molar-refractivity contribution in [2.75, 3.05) is 4.81 Å². The van der Waals surface area contributed by atoms with E-state index < -0.39 is 0 Å². The SMILES string of the molecule is CC1(C)B2c3ccccc3-c3ccccc3N2c2ccc(-c3nc(-c4ccccc4)nc(-c4ccccc4)n3)cc21. The van der Waals surface area contributed by atoms with E-state index in [4.69, 9.17) is 15.0 Å². The Balaban J connectivity index is 1.32. The molecular weight excluding hydrogens is 499 g/mol. The first-order valence-corrected chi connectivity index (χ1v) is 14.1. The first kappa shape index (κ1) is 23.8. The van der Waals surface area contributed by atoms with E-state index in [1.807, 2.05) is 60.7 Å². The molecule has 2 aliphatic heterocycles. The minimum Gasteiger partial charge on any atom is -0.380 e. The van der Waals surface area contributed by atoms with Crippen LogP contribution in [0.5, 0.6) is 0 Å². The van der Waals surface area contributed by atoms with E-state index in [0.29, 0.717) is 17.5 Å². The molecule has 6 aromatic rings. The van der Waals surface area contributed by atoms with Crippen molar-refractivity contribution in [2.45, 2.75) is 19.2 Å². The molecule has 2 aliphatic rings. The van der Waals surface area contributed by atoms with Crippen molar-refractivity contribution in [2.24, 2.45) is 0 Å². The maximum absolute atomic E-state index is 5.00. The standard InChI is InChI=1S/C36H27BN4/c1-36(2)29-23-26(35-39-33(24-13-5-3-6-14-24)38-34(40-35)25-15-7-4-8-16-25)21-22-32(29)41-31-20-12-10-18-28(31)27-17-9-11-19-30(27)37(36)41/h3-23H,1-2H3. The van der Waals surface area contributed by atoms with Crippen LogP contribution in [-0.2, 0) is 5.31 Å². The van der Waals surface area contributed by atoms with Gasteiger partial charge in [0.1, 0.15) is 0 Å². The Hall–Kier alpha value is -5.03. The summed E-state index contributed by atoms with van der Waals surface area (Å²) in [5.74, 6) is 2.03. The molecule has 0 N–H and O–H groups in total. The molecule has 0 radical (unpaired) electrons. The summed E-state index contributed by atoms with van der Waals surface area (Å²) >= 11 is 0. The second kappa shape index (κ2) is 9.00. The van der Waals surface area contributed by atoms with Crippen molar-refractivity contribution in [1.29, 1.82) is 0 Å². The van der Waals surface area contributed by atoms with E-state index >= 15 is 0 Å². The lowest BCUT2D eigenvalue weighted by Crippen LogP contribution is -2.55. The van der Waals surface area contributed by atoms with Crippen LogP contribution in [0.4, 0.5) is 11.4 Å². The minimum absolute atomic E-state index is 0.146. The van der Waals surface area contributed by atoms with E-state index in [2.05, 4.69) is 85.4 Å². The average Bonchev–Trinajstić information content (AvgIpc) is 3.28. The molecule has 0 saturated carbocycles. The number of benzene rings is 5. The maximum Gasteiger partial charge on any atom is 0.304 e. The molecule has 194 valence electrons. The van der Waals surface area contributed by atoms with Gasteiger partial charge in [0.2, 0.25) is 0 Å². The van der Waals surface area contributed by atoms with Crippen LogP contribution in [0, 0.1) is 0 Å². The molecule has 0 aliphatic carbocycles. The molecule has 3 heterocycles. The fraction of sp³-hybridized carbons (Fsp3) is 0.0833. The zero-order valence-corrected chi connectivity index (χ0v) is 23.0. The molecule has 4 nitrogen and oxygen atoms in total. The summed E-state index contributed by atoms with van der Waals surface area (Å²) in [6.07, 6.45) is 0. The normalized spacial score (nSPS) is 14.2. The predicted molar refractivity (Wildman–Crippen MR) is 169 cm³/mol. The Labute approximate surface area is 240 Å². The van der Waals surface area contributed by atoms with Gasteiger partial charge in [-0.05, 0) is 46.2 Å². The number of anilines is 2. The maximum atomic E-state index is 5.00. The Morgan fingerprint density at radius 3 is 1.71 bits per heavy atom. The molecule has 0 atom stereocenters. The monoisotopic (exact) mass is 526 g/mol. The third-order valence-electron chi connectivity index (χ3n) is 8.56. The van der Waals surface area contributed by atoms with Gasteiger partial charge < -0.3 is 4.81 Å². The third-order valence-corrected chi connectivity index (χ3v) is 8.56. The van der Waals surface area contributed by atoms with Gasteiger partial charge in [-0.15, -0.1) is 0 Å². The summed E-state index contributed by atoms with van der Waals surface area (Å²) in [5, 5.41) is -0.146. The largest absolute Gasteiger partial charge is 0.380 e. The number of hydrogen-bond donors (Lipinski definition) is 0. The number of hydrogen-bond acceptors (Lipinski definition) is 4. The quantitative estimate of drug-likeness (QED) is 0.222. The first-order valence-electron chi connectivity index (χ1n) is 14.1. The van der Waals surface area contributed by atoms with Crippen LogP contribution in [0.1, 0.15) is 19.4 Å². The smallest absolute Gasteiger partial charge is 0.304 e. The van der Waals surface area contributed by atoms with Crippen molar-refractivity contribution in [1.82, 2.24) is 15.0 Å².